The summed E-state index contributed by atoms with van der Waals surface area (Å²) in [6.45, 7) is 0. The first-order valence-corrected chi connectivity index (χ1v) is 20.7. The maximum Gasteiger partial charge on any atom is 0.164 e. The molecule has 0 spiro atoms. The van der Waals surface area contributed by atoms with Crippen molar-refractivity contribution in [3.63, 3.8) is 0 Å². The minimum atomic E-state index is -0.251. The van der Waals surface area contributed by atoms with Crippen molar-refractivity contribution in [2.24, 2.45) is 0 Å². The van der Waals surface area contributed by atoms with E-state index >= 15 is 0 Å². The summed E-state index contributed by atoms with van der Waals surface area (Å²) in [5.41, 5.74) is 15.3. The molecule has 0 radical (unpaired) electrons. The number of rotatable bonds is 8. The lowest BCUT2D eigenvalue weighted by molar-refractivity contribution is 0.272. The Labute approximate surface area is 355 Å². The lowest BCUT2D eigenvalue weighted by Gasteiger charge is -2.22. The summed E-state index contributed by atoms with van der Waals surface area (Å²) in [6.07, 6.45) is 6.16. The molecule has 0 fully saturated rings. The molecule has 2 unspecified atom stereocenters. The van der Waals surface area contributed by atoms with Gasteiger partial charge in [0, 0.05) is 27.8 Å². The Morgan fingerprint density at radius 2 is 0.770 bits per heavy atom. The van der Waals surface area contributed by atoms with Crippen LogP contribution in [0.3, 0.4) is 0 Å². The van der Waals surface area contributed by atoms with Crippen LogP contribution in [-0.4, -0.2) is 21.1 Å². The van der Waals surface area contributed by atoms with Gasteiger partial charge in [0.1, 0.15) is 11.9 Å². The van der Waals surface area contributed by atoms with E-state index in [2.05, 4.69) is 200 Å². The Morgan fingerprint density at radius 1 is 0.344 bits per heavy atom. The van der Waals surface area contributed by atoms with Crippen molar-refractivity contribution in [1.29, 1.82) is 0 Å². The van der Waals surface area contributed by atoms with E-state index in [9.17, 15) is 0 Å². The van der Waals surface area contributed by atoms with Crippen LogP contribution in [0.1, 0.15) is 17.3 Å². The average Bonchev–Trinajstić information content (AvgIpc) is 3.74. The molecule has 288 valence electrons. The molecule has 4 nitrogen and oxygen atoms in total. The van der Waals surface area contributed by atoms with Crippen molar-refractivity contribution in [3.8, 4) is 84.2 Å². The molecule has 2 aliphatic rings. The predicted octanol–water partition coefficient (Wildman–Crippen LogP) is 14.0. The SMILES string of the molecule is C1=CC2Oc3c(-c4cccc(-c5ccccc5)c4)cc(-c4cccc(-c5ccccc5)c4)cc3C2C(c2nc(-c3ccccc3)nc(-c3cccc(-c4ccccc4)c3)n2)=C1. The molecular weight excluding hydrogens is 743 g/mol. The van der Waals surface area contributed by atoms with E-state index in [1.165, 1.54) is 16.7 Å². The van der Waals surface area contributed by atoms with Crippen molar-refractivity contribution in [3.05, 3.63) is 236 Å². The molecule has 2 atom stereocenters. The third kappa shape index (κ3) is 7.04. The van der Waals surface area contributed by atoms with Crippen molar-refractivity contribution >= 4 is 5.57 Å². The Bertz CT molecular complexity index is 3100. The van der Waals surface area contributed by atoms with Gasteiger partial charge in [-0.1, -0.05) is 188 Å². The molecule has 61 heavy (non-hydrogen) atoms. The molecule has 4 heteroatoms. The number of hydrogen-bond donors (Lipinski definition) is 0. The van der Waals surface area contributed by atoms with Gasteiger partial charge in [-0.15, -0.1) is 0 Å². The van der Waals surface area contributed by atoms with Crippen LogP contribution in [0.2, 0.25) is 0 Å². The normalized spacial score (nSPS) is 15.0. The summed E-state index contributed by atoms with van der Waals surface area (Å²) < 4.78 is 7.07. The zero-order chi connectivity index (χ0) is 40.5. The first-order chi connectivity index (χ1) is 30.2. The topological polar surface area (TPSA) is 47.9 Å². The molecule has 0 saturated heterocycles. The zero-order valence-corrected chi connectivity index (χ0v) is 33.3. The molecule has 1 aliphatic heterocycles. The fraction of sp³-hybridized carbons (Fsp3) is 0.0351. The number of allylic oxidation sites excluding steroid dienone is 2. The Balaban J connectivity index is 1.08. The van der Waals surface area contributed by atoms with Gasteiger partial charge in [0.25, 0.3) is 0 Å². The number of fused-ring (bicyclic) bond motifs is 3. The van der Waals surface area contributed by atoms with Crippen LogP contribution in [0.15, 0.2) is 224 Å². The molecule has 8 aromatic carbocycles. The second kappa shape index (κ2) is 15.7. The van der Waals surface area contributed by atoms with Crippen LogP contribution in [0.5, 0.6) is 5.75 Å². The van der Waals surface area contributed by atoms with Crippen LogP contribution in [-0.2, 0) is 0 Å². The number of hydrogen-bond acceptors (Lipinski definition) is 4. The van der Waals surface area contributed by atoms with Crippen molar-refractivity contribution in [2.45, 2.75) is 12.0 Å². The minimum Gasteiger partial charge on any atom is -0.484 e. The summed E-state index contributed by atoms with van der Waals surface area (Å²) in [5.74, 6) is 2.60. The number of aromatic nitrogens is 3. The first-order valence-electron chi connectivity index (χ1n) is 20.7. The van der Waals surface area contributed by atoms with Crippen LogP contribution in [0.25, 0.3) is 84.0 Å². The van der Waals surface area contributed by atoms with Crippen molar-refractivity contribution < 1.29 is 4.74 Å². The molecule has 11 rings (SSSR count). The summed E-state index contributed by atoms with van der Waals surface area (Å²) >= 11 is 0. The van der Waals surface area contributed by atoms with E-state index < -0.39 is 0 Å². The molecule has 2 heterocycles. The average molecular weight is 782 g/mol. The van der Waals surface area contributed by atoms with E-state index in [0.29, 0.717) is 17.5 Å². The molecular formula is C57H39N3O. The zero-order valence-electron chi connectivity index (χ0n) is 33.3. The highest BCUT2D eigenvalue weighted by atomic mass is 16.5. The van der Waals surface area contributed by atoms with Gasteiger partial charge in [-0.2, -0.15) is 0 Å². The molecule has 1 aliphatic carbocycles. The van der Waals surface area contributed by atoms with Crippen LogP contribution >= 0.6 is 0 Å². The molecule has 0 saturated carbocycles. The van der Waals surface area contributed by atoms with Gasteiger partial charge in [-0.25, -0.2) is 15.0 Å². The lowest BCUT2D eigenvalue weighted by atomic mass is 9.82. The highest BCUT2D eigenvalue weighted by Crippen LogP contribution is 2.53. The molecule has 0 N–H and O–H groups in total. The fourth-order valence-corrected chi connectivity index (χ4v) is 8.68. The van der Waals surface area contributed by atoms with Crippen molar-refractivity contribution in [1.82, 2.24) is 15.0 Å². The highest BCUT2D eigenvalue weighted by molar-refractivity contribution is 5.87. The van der Waals surface area contributed by atoms with Crippen LogP contribution in [0, 0.1) is 0 Å². The Hall–Kier alpha value is -7.95. The van der Waals surface area contributed by atoms with Gasteiger partial charge in [0.05, 0.1) is 5.92 Å². The summed E-state index contributed by atoms with van der Waals surface area (Å²) in [7, 11) is 0. The van der Waals surface area contributed by atoms with Gasteiger partial charge >= 0.3 is 0 Å². The smallest absolute Gasteiger partial charge is 0.164 e. The number of benzene rings is 8. The molecule has 9 aromatic rings. The van der Waals surface area contributed by atoms with Crippen LogP contribution in [0.4, 0.5) is 0 Å². The maximum absolute atomic E-state index is 7.07. The minimum absolute atomic E-state index is 0.164. The second-order valence-corrected chi connectivity index (χ2v) is 15.5. The van der Waals surface area contributed by atoms with Gasteiger partial charge in [-0.3, -0.25) is 0 Å². The second-order valence-electron chi connectivity index (χ2n) is 15.5. The lowest BCUT2D eigenvalue weighted by Crippen LogP contribution is -2.20. The summed E-state index contributed by atoms with van der Waals surface area (Å²) in [4.78, 5) is 15.6. The van der Waals surface area contributed by atoms with Crippen LogP contribution < -0.4 is 4.74 Å². The van der Waals surface area contributed by atoms with E-state index in [0.717, 1.165) is 67.0 Å². The molecule has 0 amide bonds. The predicted molar refractivity (Wildman–Crippen MR) is 249 cm³/mol. The van der Waals surface area contributed by atoms with E-state index in [1.807, 2.05) is 24.3 Å². The van der Waals surface area contributed by atoms with Gasteiger partial charge < -0.3 is 4.74 Å². The molecule has 0 bridgehead atoms. The number of nitrogens with zero attached hydrogens (tertiary/aromatic N) is 3. The summed E-state index contributed by atoms with van der Waals surface area (Å²) in [6, 6.07) is 72.4. The largest absolute Gasteiger partial charge is 0.484 e. The highest BCUT2D eigenvalue weighted by Gasteiger charge is 2.40. The van der Waals surface area contributed by atoms with E-state index in [4.69, 9.17) is 19.7 Å². The van der Waals surface area contributed by atoms with E-state index in [-0.39, 0.29) is 12.0 Å². The van der Waals surface area contributed by atoms with Gasteiger partial charge in [0.2, 0.25) is 0 Å². The standard InChI is InChI=1S/C57H39N3O/c1-5-17-38(18-6-1)42-25-13-28-45(33-42)48-36-50(46-29-14-26-43(34-46)39-19-7-2-8-20-39)54-51(37-48)53-49(31-16-32-52(53)61-54)57-59-55(41-23-11-4-12-24-41)58-56(60-57)47-30-15-27-44(35-47)40-21-9-3-10-22-40/h1-37,52-53H. The third-order valence-electron chi connectivity index (χ3n) is 11.7. The van der Waals surface area contributed by atoms with E-state index in [1.54, 1.807) is 0 Å². The Morgan fingerprint density at radius 3 is 1.34 bits per heavy atom. The number of ether oxygens (including phenoxy) is 1. The first kappa shape index (κ1) is 36.2. The van der Waals surface area contributed by atoms with Crippen molar-refractivity contribution in [2.75, 3.05) is 0 Å². The summed E-state index contributed by atoms with van der Waals surface area (Å²) in [5, 5.41) is 0. The third-order valence-corrected chi connectivity index (χ3v) is 11.7. The monoisotopic (exact) mass is 781 g/mol. The fourth-order valence-electron chi connectivity index (χ4n) is 8.68. The van der Waals surface area contributed by atoms with Gasteiger partial charge in [0.15, 0.2) is 17.5 Å². The quantitative estimate of drug-likeness (QED) is 0.154. The van der Waals surface area contributed by atoms with Gasteiger partial charge in [-0.05, 0) is 86.5 Å². The Kier molecular flexibility index (Phi) is 9.29. The molecule has 1 aromatic heterocycles. The maximum atomic E-state index is 7.07.